The van der Waals surface area contributed by atoms with Crippen LogP contribution < -0.4 is 9.47 Å². The molecule has 1 fully saturated rings. The van der Waals surface area contributed by atoms with E-state index in [-0.39, 0.29) is 12.0 Å². The second kappa shape index (κ2) is 4.87. The third kappa shape index (κ3) is 2.02. The molecule has 94 valence electrons. The summed E-state index contributed by atoms with van der Waals surface area (Å²) in [4.78, 5) is 0. The smallest absolute Gasteiger partial charge is 0.161 e. The van der Waals surface area contributed by atoms with Crippen LogP contribution in [0, 0.1) is 17.2 Å². The molecule has 0 aromatic heterocycles. The first-order valence-corrected chi connectivity index (χ1v) is 6.29. The maximum atomic E-state index is 9.18. The molecule has 0 aliphatic carbocycles. The van der Waals surface area contributed by atoms with Gasteiger partial charge in [-0.15, -0.1) is 0 Å². The minimum Gasteiger partial charge on any atom is -0.486 e. The molecule has 2 unspecified atom stereocenters. The molecule has 0 saturated carbocycles. The maximum Gasteiger partial charge on any atom is 0.161 e. The summed E-state index contributed by atoms with van der Waals surface area (Å²) in [6.07, 6.45) is 1.72. The molecule has 0 radical (unpaired) electrons. The number of benzene rings is 1. The summed E-state index contributed by atoms with van der Waals surface area (Å²) >= 11 is 0. The summed E-state index contributed by atoms with van der Waals surface area (Å²) in [5, 5.41) is 9.18. The average molecular weight is 245 g/mol. The van der Waals surface area contributed by atoms with Gasteiger partial charge in [0.25, 0.3) is 0 Å². The Morgan fingerprint density at radius 1 is 1.11 bits per heavy atom. The zero-order valence-electron chi connectivity index (χ0n) is 10.1. The highest BCUT2D eigenvalue weighted by Crippen LogP contribution is 2.38. The molecule has 4 nitrogen and oxygen atoms in total. The van der Waals surface area contributed by atoms with Gasteiger partial charge >= 0.3 is 0 Å². The number of nitrogens with zero attached hydrogens (tertiary/aromatic N) is 1. The van der Waals surface area contributed by atoms with Crippen molar-refractivity contribution in [2.24, 2.45) is 5.92 Å². The van der Waals surface area contributed by atoms with Crippen molar-refractivity contribution in [1.29, 1.82) is 5.26 Å². The van der Waals surface area contributed by atoms with Gasteiger partial charge in [-0.25, -0.2) is 0 Å². The molecule has 2 aliphatic heterocycles. The molecule has 1 saturated heterocycles. The van der Waals surface area contributed by atoms with E-state index in [1.807, 2.05) is 18.2 Å². The minimum atomic E-state index is -0.139. The van der Waals surface area contributed by atoms with Gasteiger partial charge < -0.3 is 14.2 Å². The lowest BCUT2D eigenvalue weighted by Crippen LogP contribution is -2.22. The summed E-state index contributed by atoms with van der Waals surface area (Å²) in [5.41, 5.74) is 1.01. The van der Waals surface area contributed by atoms with Crippen molar-refractivity contribution in [3.63, 3.8) is 0 Å². The van der Waals surface area contributed by atoms with Gasteiger partial charge in [0.15, 0.2) is 11.5 Å². The molecule has 0 N–H and O–H groups in total. The first kappa shape index (κ1) is 11.4. The average Bonchev–Trinajstić information content (AvgIpc) is 2.46. The van der Waals surface area contributed by atoms with Crippen molar-refractivity contribution in [3.8, 4) is 17.6 Å². The van der Waals surface area contributed by atoms with Gasteiger partial charge in [-0.05, 0) is 30.5 Å². The SMILES string of the molecule is N#CC1CCCOC1c1ccc2c(c1)OCCO2. The number of ether oxygens (including phenoxy) is 3. The highest BCUT2D eigenvalue weighted by Gasteiger charge is 2.28. The summed E-state index contributed by atoms with van der Waals surface area (Å²) in [7, 11) is 0. The maximum absolute atomic E-state index is 9.18. The Hall–Kier alpha value is -1.73. The van der Waals surface area contributed by atoms with E-state index in [1.54, 1.807) is 0 Å². The van der Waals surface area contributed by atoms with Crippen LogP contribution in [-0.2, 0) is 4.74 Å². The molecular formula is C14H15NO3. The van der Waals surface area contributed by atoms with E-state index in [9.17, 15) is 5.26 Å². The molecule has 0 spiro atoms. The fraction of sp³-hybridized carbons (Fsp3) is 0.500. The lowest BCUT2D eigenvalue weighted by molar-refractivity contribution is -0.0104. The molecule has 2 heterocycles. The molecular weight excluding hydrogens is 230 g/mol. The summed E-state index contributed by atoms with van der Waals surface area (Å²) in [6, 6.07) is 8.14. The monoisotopic (exact) mass is 245 g/mol. The zero-order valence-corrected chi connectivity index (χ0v) is 10.1. The molecule has 1 aromatic carbocycles. The molecule has 1 aromatic rings. The third-order valence-corrected chi connectivity index (χ3v) is 3.38. The van der Waals surface area contributed by atoms with E-state index < -0.39 is 0 Å². The van der Waals surface area contributed by atoms with E-state index >= 15 is 0 Å². The fourth-order valence-electron chi connectivity index (χ4n) is 2.48. The number of hydrogen-bond acceptors (Lipinski definition) is 4. The first-order chi connectivity index (χ1) is 8.88. The molecule has 0 amide bonds. The Labute approximate surface area is 106 Å². The van der Waals surface area contributed by atoms with Crippen molar-refractivity contribution < 1.29 is 14.2 Å². The van der Waals surface area contributed by atoms with Gasteiger partial charge in [0.2, 0.25) is 0 Å². The lowest BCUT2D eigenvalue weighted by Gasteiger charge is -2.28. The third-order valence-electron chi connectivity index (χ3n) is 3.38. The summed E-state index contributed by atoms with van der Waals surface area (Å²) in [6.45, 7) is 1.88. The molecule has 18 heavy (non-hydrogen) atoms. The molecule has 0 bridgehead atoms. The standard InChI is InChI=1S/C14H15NO3/c15-9-11-2-1-5-18-14(11)10-3-4-12-13(8-10)17-7-6-16-12/h3-4,8,11,14H,1-2,5-7H2. The first-order valence-electron chi connectivity index (χ1n) is 6.29. The predicted molar refractivity (Wildman–Crippen MR) is 64.5 cm³/mol. The van der Waals surface area contributed by atoms with Gasteiger partial charge in [-0.2, -0.15) is 5.26 Å². The van der Waals surface area contributed by atoms with Gasteiger partial charge in [0.05, 0.1) is 18.1 Å². The summed E-state index contributed by atoms with van der Waals surface area (Å²) in [5.74, 6) is 1.46. The van der Waals surface area contributed by atoms with Gasteiger partial charge in [0.1, 0.15) is 13.2 Å². The normalized spacial score (nSPS) is 26.4. The van der Waals surface area contributed by atoms with Crippen LogP contribution in [0.2, 0.25) is 0 Å². The minimum absolute atomic E-state index is 0.0682. The van der Waals surface area contributed by atoms with E-state index in [2.05, 4.69) is 6.07 Å². The second-order valence-electron chi connectivity index (χ2n) is 4.57. The van der Waals surface area contributed by atoms with Crippen molar-refractivity contribution in [2.75, 3.05) is 19.8 Å². The topological polar surface area (TPSA) is 51.5 Å². The van der Waals surface area contributed by atoms with Crippen LogP contribution in [0.5, 0.6) is 11.5 Å². The molecule has 3 rings (SSSR count). The molecule has 4 heteroatoms. The van der Waals surface area contributed by atoms with Crippen LogP contribution in [0.1, 0.15) is 24.5 Å². The van der Waals surface area contributed by atoms with Crippen LogP contribution in [0.3, 0.4) is 0 Å². The molecule has 2 atom stereocenters. The zero-order chi connectivity index (χ0) is 12.4. The van der Waals surface area contributed by atoms with Crippen LogP contribution in [0.4, 0.5) is 0 Å². The number of hydrogen-bond donors (Lipinski definition) is 0. The Morgan fingerprint density at radius 2 is 1.94 bits per heavy atom. The van der Waals surface area contributed by atoms with E-state index in [1.165, 1.54) is 0 Å². The Kier molecular flexibility index (Phi) is 3.07. The van der Waals surface area contributed by atoms with Gasteiger partial charge in [-0.3, -0.25) is 0 Å². The Bertz CT molecular complexity index is 480. The largest absolute Gasteiger partial charge is 0.486 e. The number of fused-ring (bicyclic) bond motifs is 1. The van der Waals surface area contributed by atoms with Crippen LogP contribution >= 0.6 is 0 Å². The second-order valence-corrected chi connectivity index (χ2v) is 4.57. The number of rotatable bonds is 1. The van der Waals surface area contributed by atoms with Crippen molar-refractivity contribution in [1.82, 2.24) is 0 Å². The van der Waals surface area contributed by atoms with Gasteiger partial charge in [-0.1, -0.05) is 6.07 Å². The summed E-state index contributed by atoms with van der Waals surface area (Å²) < 4.78 is 16.8. The van der Waals surface area contributed by atoms with Crippen LogP contribution in [-0.4, -0.2) is 19.8 Å². The fourth-order valence-corrected chi connectivity index (χ4v) is 2.48. The predicted octanol–water partition coefficient (Wildman–Crippen LogP) is 2.45. The Morgan fingerprint density at radius 3 is 2.78 bits per heavy atom. The highest BCUT2D eigenvalue weighted by atomic mass is 16.6. The van der Waals surface area contributed by atoms with Gasteiger partial charge in [0, 0.05) is 6.61 Å². The van der Waals surface area contributed by atoms with Crippen LogP contribution in [0.25, 0.3) is 0 Å². The van der Waals surface area contributed by atoms with E-state index in [0.717, 1.165) is 36.5 Å². The van der Waals surface area contributed by atoms with E-state index in [4.69, 9.17) is 14.2 Å². The van der Waals surface area contributed by atoms with E-state index in [0.29, 0.717) is 13.2 Å². The molecule has 2 aliphatic rings. The lowest BCUT2D eigenvalue weighted by atomic mass is 9.90. The van der Waals surface area contributed by atoms with Crippen molar-refractivity contribution >= 4 is 0 Å². The Balaban J connectivity index is 1.89. The van der Waals surface area contributed by atoms with Crippen LogP contribution in [0.15, 0.2) is 18.2 Å². The van der Waals surface area contributed by atoms with Crippen molar-refractivity contribution in [2.45, 2.75) is 18.9 Å². The number of nitriles is 1. The van der Waals surface area contributed by atoms with Crippen molar-refractivity contribution in [3.05, 3.63) is 23.8 Å². The quantitative estimate of drug-likeness (QED) is 0.762. The highest BCUT2D eigenvalue weighted by molar-refractivity contribution is 5.44.